The molecule has 0 aliphatic heterocycles. The van der Waals surface area contributed by atoms with Crippen LogP contribution in [0.15, 0.2) is 34.7 Å². The Morgan fingerprint density at radius 3 is 2.28 bits per heavy atom. The van der Waals surface area contributed by atoms with Crippen molar-refractivity contribution in [2.75, 3.05) is 0 Å². The van der Waals surface area contributed by atoms with Crippen LogP contribution in [0.2, 0.25) is 0 Å². The number of carbonyl (C=O) groups is 1. The first-order valence-electron chi connectivity index (χ1n) is 5.56. The van der Waals surface area contributed by atoms with Crippen LogP contribution in [0.5, 0.6) is 0 Å². The van der Waals surface area contributed by atoms with E-state index in [1.54, 1.807) is 0 Å². The van der Waals surface area contributed by atoms with Crippen LogP contribution in [0.4, 0.5) is 0 Å². The number of aromatic carboxylic acids is 1. The van der Waals surface area contributed by atoms with Gasteiger partial charge in [0.1, 0.15) is 11.9 Å². The molecule has 18 heavy (non-hydrogen) atoms. The van der Waals surface area contributed by atoms with Gasteiger partial charge >= 0.3 is 5.97 Å². The molecular weight excluding hydrogens is 232 g/mol. The first kappa shape index (κ1) is 12.4. The lowest BCUT2D eigenvalue weighted by Gasteiger charge is -2.10. The predicted molar refractivity (Wildman–Crippen MR) is 65.6 cm³/mol. The van der Waals surface area contributed by atoms with Gasteiger partial charge in [0.25, 0.3) is 0 Å². The summed E-state index contributed by atoms with van der Waals surface area (Å²) in [6.07, 6.45) is -0.948. The number of hydrogen-bond acceptors (Lipinski definition) is 3. The third-order valence-electron chi connectivity index (χ3n) is 2.67. The molecule has 0 fully saturated rings. The Hall–Kier alpha value is -2.07. The fourth-order valence-corrected chi connectivity index (χ4v) is 1.95. The molecule has 0 saturated carbocycles. The molecule has 0 bridgehead atoms. The average molecular weight is 246 g/mol. The zero-order valence-corrected chi connectivity index (χ0v) is 10.2. The number of rotatable bonds is 3. The molecule has 0 spiro atoms. The van der Waals surface area contributed by atoms with E-state index in [-0.39, 0.29) is 11.5 Å². The monoisotopic (exact) mass is 246 g/mol. The topological polar surface area (TPSA) is 70.7 Å². The van der Waals surface area contributed by atoms with Gasteiger partial charge in [-0.3, -0.25) is 0 Å². The lowest BCUT2D eigenvalue weighted by Crippen LogP contribution is -1.99. The van der Waals surface area contributed by atoms with E-state index in [0.29, 0.717) is 5.56 Å². The maximum Gasteiger partial charge on any atom is 0.371 e. The number of furan rings is 1. The van der Waals surface area contributed by atoms with Gasteiger partial charge < -0.3 is 14.6 Å². The van der Waals surface area contributed by atoms with Gasteiger partial charge in [0.2, 0.25) is 5.76 Å². The SMILES string of the molecule is Cc1cc(C)cc(C(O)c2ccc(C(=O)O)o2)c1. The molecular formula is C14H14O4. The molecule has 4 nitrogen and oxygen atoms in total. The molecule has 4 heteroatoms. The normalized spacial score (nSPS) is 12.4. The minimum Gasteiger partial charge on any atom is -0.475 e. The third-order valence-corrected chi connectivity index (χ3v) is 2.67. The Morgan fingerprint density at radius 2 is 1.78 bits per heavy atom. The van der Waals surface area contributed by atoms with E-state index in [1.165, 1.54) is 12.1 Å². The molecule has 1 aromatic carbocycles. The van der Waals surface area contributed by atoms with Crippen LogP contribution in [0.25, 0.3) is 0 Å². The second-order valence-corrected chi connectivity index (χ2v) is 4.33. The number of aryl methyl sites for hydroxylation is 2. The van der Waals surface area contributed by atoms with E-state index in [0.717, 1.165) is 11.1 Å². The summed E-state index contributed by atoms with van der Waals surface area (Å²) in [5, 5.41) is 18.9. The van der Waals surface area contributed by atoms with E-state index < -0.39 is 12.1 Å². The van der Waals surface area contributed by atoms with Crippen LogP contribution in [-0.4, -0.2) is 16.2 Å². The van der Waals surface area contributed by atoms with Crippen molar-refractivity contribution in [2.24, 2.45) is 0 Å². The van der Waals surface area contributed by atoms with Crippen LogP contribution in [0.3, 0.4) is 0 Å². The number of benzene rings is 1. The molecule has 0 aliphatic rings. The zero-order chi connectivity index (χ0) is 13.3. The Bertz CT molecular complexity index is 563. The number of aliphatic hydroxyl groups excluding tert-OH is 1. The third kappa shape index (κ3) is 2.43. The minimum atomic E-state index is -1.14. The molecule has 0 saturated heterocycles. The molecule has 1 heterocycles. The number of carboxylic acids is 1. The van der Waals surface area contributed by atoms with Crippen LogP contribution in [0.1, 0.15) is 39.1 Å². The van der Waals surface area contributed by atoms with Crippen molar-refractivity contribution in [2.45, 2.75) is 20.0 Å². The molecule has 1 aromatic heterocycles. The van der Waals surface area contributed by atoms with Gasteiger partial charge in [0, 0.05) is 0 Å². The maximum absolute atomic E-state index is 10.7. The van der Waals surface area contributed by atoms with Crippen molar-refractivity contribution in [3.8, 4) is 0 Å². The van der Waals surface area contributed by atoms with Crippen molar-refractivity contribution < 1.29 is 19.4 Å². The second kappa shape index (κ2) is 4.66. The molecule has 1 atom stereocenters. The van der Waals surface area contributed by atoms with E-state index in [9.17, 15) is 9.90 Å². The number of hydrogen-bond donors (Lipinski definition) is 2. The molecule has 0 aliphatic carbocycles. The summed E-state index contributed by atoms with van der Waals surface area (Å²) in [5.41, 5.74) is 2.77. The van der Waals surface area contributed by atoms with Crippen LogP contribution >= 0.6 is 0 Å². The minimum absolute atomic E-state index is 0.173. The highest BCUT2D eigenvalue weighted by Crippen LogP contribution is 2.25. The maximum atomic E-state index is 10.7. The first-order chi connectivity index (χ1) is 8.47. The van der Waals surface area contributed by atoms with Gasteiger partial charge in [0.15, 0.2) is 0 Å². The van der Waals surface area contributed by atoms with Crippen molar-refractivity contribution in [1.29, 1.82) is 0 Å². The van der Waals surface area contributed by atoms with E-state index in [4.69, 9.17) is 9.52 Å². The quantitative estimate of drug-likeness (QED) is 0.873. The second-order valence-electron chi connectivity index (χ2n) is 4.33. The molecule has 0 amide bonds. The summed E-state index contributed by atoms with van der Waals surface area (Å²) in [4.78, 5) is 10.7. The first-order valence-corrected chi connectivity index (χ1v) is 5.56. The van der Waals surface area contributed by atoms with Crippen LogP contribution in [0, 0.1) is 13.8 Å². The fourth-order valence-electron chi connectivity index (χ4n) is 1.95. The standard InChI is InChI=1S/C14H14O4/c1-8-5-9(2)7-10(6-8)13(15)11-3-4-12(18-11)14(16)17/h3-7,13,15H,1-2H3,(H,16,17). The van der Waals surface area contributed by atoms with Gasteiger partial charge in [-0.1, -0.05) is 29.3 Å². The number of carboxylic acid groups (broad SMARTS) is 1. The Labute approximate surface area is 104 Å². The average Bonchev–Trinajstić information content (AvgIpc) is 2.75. The zero-order valence-electron chi connectivity index (χ0n) is 10.2. The summed E-state index contributed by atoms with van der Waals surface area (Å²) in [6, 6.07) is 8.51. The fraction of sp³-hybridized carbons (Fsp3) is 0.214. The molecule has 1 unspecified atom stereocenters. The van der Waals surface area contributed by atoms with Crippen molar-refractivity contribution in [3.05, 3.63) is 58.5 Å². The van der Waals surface area contributed by atoms with E-state index in [1.807, 2.05) is 32.0 Å². The van der Waals surface area contributed by atoms with Gasteiger partial charge in [-0.15, -0.1) is 0 Å². The lowest BCUT2D eigenvalue weighted by atomic mass is 10.0. The summed E-state index contributed by atoms with van der Waals surface area (Å²) in [5.74, 6) is -1.08. The highest BCUT2D eigenvalue weighted by atomic mass is 16.4. The van der Waals surface area contributed by atoms with E-state index in [2.05, 4.69) is 0 Å². The van der Waals surface area contributed by atoms with Gasteiger partial charge in [0.05, 0.1) is 0 Å². The number of aliphatic hydroxyl groups is 1. The van der Waals surface area contributed by atoms with Crippen molar-refractivity contribution >= 4 is 5.97 Å². The van der Waals surface area contributed by atoms with Crippen LogP contribution < -0.4 is 0 Å². The van der Waals surface area contributed by atoms with Crippen molar-refractivity contribution in [1.82, 2.24) is 0 Å². The predicted octanol–water partition coefficient (Wildman–Crippen LogP) is 2.68. The largest absolute Gasteiger partial charge is 0.475 e. The van der Waals surface area contributed by atoms with Gasteiger partial charge in [-0.2, -0.15) is 0 Å². The summed E-state index contributed by atoms with van der Waals surface area (Å²) in [6.45, 7) is 3.88. The van der Waals surface area contributed by atoms with E-state index >= 15 is 0 Å². The lowest BCUT2D eigenvalue weighted by molar-refractivity contribution is 0.0655. The Kier molecular flexibility index (Phi) is 3.21. The molecule has 0 radical (unpaired) electrons. The Morgan fingerprint density at radius 1 is 1.17 bits per heavy atom. The van der Waals surface area contributed by atoms with Crippen molar-refractivity contribution in [3.63, 3.8) is 0 Å². The smallest absolute Gasteiger partial charge is 0.371 e. The molecule has 94 valence electrons. The Balaban J connectivity index is 2.34. The highest BCUT2D eigenvalue weighted by Gasteiger charge is 2.17. The van der Waals surface area contributed by atoms with Crippen LogP contribution in [-0.2, 0) is 0 Å². The van der Waals surface area contributed by atoms with Gasteiger partial charge in [-0.05, 0) is 31.5 Å². The molecule has 2 aromatic rings. The highest BCUT2D eigenvalue weighted by molar-refractivity contribution is 5.84. The summed E-state index contributed by atoms with van der Waals surface area (Å²) >= 11 is 0. The summed E-state index contributed by atoms with van der Waals surface area (Å²) < 4.78 is 5.09. The summed E-state index contributed by atoms with van der Waals surface area (Å²) in [7, 11) is 0. The molecule has 2 rings (SSSR count). The van der Waals surface area contributed by atoms with Gasteiger partial charge in [-0.25, -0.2) is 4.79 Å². The molecule has 2 N–H and O–H groups in total.